The number of ether oxygens (including phenoxy) is 2. The van der Waals surface area contributed by atoms with E-state index in [1.54, 1.807) is 6.07 Å². The fourth-order valence-corrected chi connectivity index (χ4v) is 4.65. The number of rotatable bonds is 13. The Bertz CT molecular complexity index is 1400. The first-order valence-corrected chi connectivity index (χ1v) is 16.7. The number of alkyl halides is 13. The number of carbonyl (C=O) groups is 1. The Morgan fingerprint density at radius 3 is 1.62 bits per heavy atom. The molecule has 4 rings (SSSR count). The predicted molar refractivity (Wildman–Crippen MR) is 171 cm³/mol. The Labute approximate surface area is 304 Å². The first kappa shape index (κ1) is 45.1. The van der Waals surface area contributed by atoms with Gasteiger partial charge in [-0.15, -0.1) is 0 Å². The second kappa shape index (κ2) is 18.8. The number of nitrogens with two attached hydrogens (primary N) is 2. The van der Waals surface area contributed by atoms with Gasteiger partial charge in [-0.1, -0.05) is 22.6 Å². The molecule has 296 valence electrons. The standard InChI is InChI=1S/C15H17F6N3O2.C8H9F3N2O.C7H11F3IN/c16-14(17,18)9-26-11-7-10(1-5-22-11)8-24-12(25)23-6-4-13(2-3-13)15(19,20)21;9-8(10,11)5-14-7-3-6(4-12)1-2-13-7;8-7(9,10)6(3-4-6)2-1-5(11)12/h1,5,7H,2-4,6,8-9H2,(H2,23,24,25);1-3H,4-5,12H2;5H,1-4,12H2. The normalized spacial score (nSPS) is 16.6. The van der Waals surface area contributed by atoms with Crippen LogP contribution in [0.25, 0.3) is 0 Å². The van der Waals surface area contributed by atoms with Crippen LogP contribution < -0.4 is 31.6 Å². The summed E-state index contributed by atoms with van der Waals surface area (Å²) >= 11 is 1.95. The number of nitrogens with zero attached hydrogens (tertiary/aromatic N) is 2. The summed E-state index contributed by atoms with van der Waals surface area (Å²) in [6.07, 6.45) is -13.4. The highest BCUT2D eigenvalue weighted by molar-refractivity contribution is 14.1. The Balaban J connectivity index is 0.000000302. The van der Waals surface area contributed by atoms with Gasteiger partial charge in [0.15, 0.2) is 13.2 Å². The van der Waals surface area contributed by atoms with Gasteiger partial charge in [-0.2, -0.15) is 52.7 Å². The molecule has 2 heterocycles. The second-order valence-electron chi connectivity index (χ2n) is 12.0. The third-order valence-electron chi connectivity index (χ3n) is 7.75. The quantitative estimate of drug-likeness (QED) is 0.0696. The Morgan fingerprint density at radius 1 is 0.769 bits per heavy atom. The maximum Gasteiger partial charge on any atom is 0.422 e. The molecule has 2 aromatic heterocycles. The van der Waals surface area contributed by atoms with Gasteiger partial charge in [-0.05, 0) is 68.2 Å². The number of hydrogen-bond acceptors (Lipinski definition) is 7. The van der Waals surface area contributed by atoms with E-state index < -0.39 is 54.8 Å². The highest BCUT2D eigenvalue weighted by Gasteiger charge is 2.63. The third kappa shape index (κ3) is 16.8. The summed E-state index contributed by atoms with van der Waals surface area (Å²) in [7, 11) is 0. The smallest absolute Gasteiger partial charge is 0.422 e. The van der Waals surface area contributed by atoms with Crippen LogP contribution in [0.4, 0.5) is 57.5 Å². The molecular weight excluding hydrogens is 847 g/mol. The molecule has 1 atom stereocenters. The number of halogens is 13. The minimum Gasteiger partial charge on any atom is -0.468 e. The first-order valence-electron chi connectivity index (χ1n) is 15.4. The summed E-state index contributed by atoms with van der Waals surface area (Å²) < 4.78 is 155. The van der Waals surface area contributed by atoms with E-state index in [1.807, 2.05) is 22.6 Å². The molecule has 0 radical (unpaired) electrons. The van der Waals surface area contributed by atoms with E-state index in [4.69, 9.17) is 11.5 Å². The van der Waals surface area contributed by atoms with Gasteiger partial charge in [0.25, 0.3) is 0 Å². The van der Waals surface area contributed by atoms with Crippen LogP contribution in [-0.4, -0.2) is 64.5 Å². The molecule has 0 saturated heterocycles. The SMILES string of the molecule is NC(I)CCC1(C(F)(F)F)CC1.NCc1ccnc(OCC(F)(F)F)c1.O=C(NCCC1(C(F)(F)F)CC1)NCc1ccnc(OCC(F)(F)F)c1. The van der Waals surface area contributed by atoms with Crippen LogP contribution in [0.3, 0.4) is 0 Å². The van der Waals surface area contributed by atoms with Crippen LogP contribution in [0.2, 0.25) is 0 Å². The van der Waals surface area contributed by atoms with Crippen LogP contribution in [0.5, 0.6) is 11.8 Å². The van der Waals surface area contributed by atoms with Gasteiger partial charge < -0.3 is 31.6 Å². The summed E-state index contributed by atoms with van der Waals surface area (Å²) in [6, 6.07) is 5.02. The minimum absolute atomic E-state index is 0.0405. The molecule has 2 fully saturated rings. The fourth-order valence-electron chi connectivity index (χ4n) is 4.33. The van der Waals surface area contributed by atoms with Crippen molar-refractivity contribution in [2.75, 3.05) is 19.8 Å². The van der Waals surface area contributed by atoms with Crippen LogP contribution in [0, 0.1) is 10.8 Å². The molecule has 6 N–H and O–H groups in total. The average molecular weight is 885 g/mol. The van der Waals surface area contributed by atoms with Crippen molar-refractivity contribution in [2.24, 2.45) is 22.3 Å². The van der Waals surface area contributed by atoms with Crippen molar-refractivity contribution >= 4 is 28.6 Å². The molecule has 0 bridgehead atoms. The number of aromatic nitrogens is 2. The lowest BCUT2D eigenvalue weighted by Gasteiger charge is -2.19. The number of hydrogen-bond donors (Lipinski definition) is 4. The molecular formula is C30H37F12IN6O3. The number of amides is 2. The van der Waals surface area contributed by atoms with E-state index >= 15 is 0 Å². The zero-order valence-corrected chi connectivity index (χ0v) is 29.4. The summed E-state index contributed by atoms with van der Waals surface area (Å²) in [5, 5.41) is 4.74. The summed E-state index contributed by atoms with van der Waals surface area (Å²) in [4.78, 5) is 18.8. The molecule has 2 aliphatic rings. The van der Waals surface area contributed by atoms with Gasteiger partial charge in [-0.25, -0.2) is 14.8 Å². The first-order chi connectivity index (χ1) is 23.9. The molecule has 2 amide bonds. The second-order valence-corrected chi connectivity index (χ2v) is 13.6. The molecule has 2 aliphatic carbocycles. The summed E-state index contributed by atoms with van der Waals surface area (Å²) in [5.41, 5.74) is 8.75. The summed E-state index contributed by atoms with van der Waals surface area (Å²) in [5.74, 6) is -0.312. The summed E-state index contributed by atoms with van der Waals surface area (Å²) in [6.45, 7) is -2.75. The lowest BCUT2D eigenvalue weighted by molar-refractivity contribution is -0.189. The van der Waals surface area contributed by atoms with Crippen molar-refractivity contribution in [3.05, 3.63) is 47.8 Å². The van der Waals surface area contributed by atoms with Crippen LogP contribution in [-0.2, 0) is 13.1 Å². The molecule has 2 aromatic rings. The largest absolute Gasteiger partial charge is 0.468 e. The number of urea groups is 1. The van der Waals surface area contributed by atoms with E-state index in [0.717, 1.165) is 0 Å². The minimum atomic E-state index is -4.49. The number of carbonyl (C=O) groups excluding carboxylic acids is 1. The topological polar surface area (TPSA) is 137 Å². The van der Waals surface area contributed by atoms with Gasteiger partial charge in [0.05, 0.1) is 14.9 Å². The van der Waals surface area contributed by atoms with Crippen LogP contribution >= 0.6 is 22.6 Å². The third-order valence-corrected chi connectivity index (χ3v) is 8.38. The molecule has 9 nitrogen and oxygen atoms in total. The predicted octanol–water partition coefficient (Wildman–Crippen LogP) is 7.86. The Morgan fingerprint density at radius 2 is 1.21 bits per heavy atom. The Kier molecular flexibility index (Phi) is 16.4. The van der Waals surface area contributed by atoms with Gasteiger partial charge in [-0.3, -0.25) is 0 Å². The van der Waals surface area contributed by atoms with E-state index in [2.05, 4.69) is 30.1 Å². The van der Waals surface area contributed by atoms with Gasteiger partial charge in [0.1, 0.15) is 0 Å². The molecule has 0 aromatic carbocycles. The Hall–Kier alpha value is -3.02. The van der Waals surface area contributed by atoms with E-state index in [0.29, 0.717) is 30.4 Å². The number of pyridine rings is 2. The van der Waals surface area contributed by atoms with Gasteiger partial charge in [0.2, 0.25) is 11.8 Å². The van der Waals surface area contributed by atoms with Crippen molar-refractivity contribution < 1.29 is 67.0 Å². The molecule has 52 heavy (non-hydrogen) atoms. The van der Waals surface area contributed by atoms with Crippen molar-refractivity contribution in [3.63, 3.8) is 0 Å². The molecule has 0 spiro atoms. The molecule has 2 saturated carbocycles. The highest BCUT2D eigenvalue weighted by atomic mass is 127. The van der Waals surface area contributed by atoms with Crippen molar-refractivity contribution in [1.82, 2.24) is 20.6 Å². The van der Waals surface area contributed by atoms with Crippen molar-refractivity contribution in [1.29, 1.82) is 0 Å². The van der Waals surface area contributed by atoms with E-state index in [1.165, 1.54) is 30.6 Å². The van der Waals surface area contributed by atoms with Crippen LogP contribution in [0.1, 0.15) is 56.1 Å². The maximum atomic E-state index is 12.7. The van der Waals surface area contributed by atoms with E-state index in [-0.39, 0.29) is 61.1 Å². The average Bonchev–Trinajstić information content (AvgIpc) is 3.96. The van der Waals surface area contributed by atoms with Crippen molar-refractivity contribution in [2.45, 2.75) is 86.8 Å². The monoisotopic (exact) mass is 884 g/mol. The van der Waals surface area contributed by atoms with Crippen molar-refractivity contribution in [3.8, 4) is 11.8 Å². The lowest BCUT2D eigenvalue weighted by Crippen LogP contribution is -2.37. The molecule has 0 aliphatic heterocycles. The molecule has 1 unspecified atom stereocenters. The van der Waals surface area contributed by atoms with Gasteiger partial charge >= 0.3 is 30.7 Å². The zero-order valence-electron chi connectivity index (χ0n) is 27.2. The highest BCUT2D eigenvalue weighted by Crippen LogP contribution is 2.61. The maximum absolute atomic E-state index is 12.7. The lowest BCUT2D eigenvalue weighted by atomic mass is 10.00. The fraction of sp³-hybridized carbons (Fsp3) is 0.633. The van der Waals surface area contributed by atoms with E-state index in [9.17, 15) is 57.5 Å². The zero-order chi connectivity index (χ0) is 39.4. The van der Waals surface area contributed by atoms with Gasteiger partial charge in [0, 0.05) is 44.2 Å². The van der Waals surface area contributed by atoms with Crippen LogP contribution in [0.15, 0.2) is 36.7 Å². The number of nitrogens with one attached hydrogen (secondary N) is 2. The molecule has 22 heteroatoms.